The zero-order valence-corrected chi connectivity index (χ0v) is 15.2. The van der Waals surface area contributed by atoms with Crippen molar-refractivity contribution in [3.63, 3.8) is 0 Å². The number of fused-ring (bicyclic) bond motifs is 1. The van der Waals surface area contributed by atoms with Crippen LogP contribution in [0.3, 0.4) is 0 Å². The maximum Gasteiger partial charge on any atom is 0.251 e. The molecule has 0 unspecified atom stereocenters. The van der Waals surface area contributed by atoms with Crippen LogP contribution in [0.25, 0.3) is 5.65 Å². The van der Waals surface area contributed by atoms with E-state index in [-0.39, 0.29) is 23.7 Å². The van der Waals surface area contributed by atoms with Gasteiger partial charge in [0.2, 0.25) is 0 Å². The van der Waals surface area contributed by atoms with Gasteiger partial charge in [0.25, 0.3) is 5.56 Å². The number of hydrogen-bond donors (Lipinski definition) is 2. The van der Waals surface area contributed by atoms with Gasteiger partial charge in [0.15, 0.2) is 5.78 Å². The predicted octanol–water partition coefficient (Wildman–Crippen LogP) is 2.53. The summed E-state index contributed by atoms with van der Waals surface area (Å²) in [6, 6.07) is 1.62. The minimum Gasteiger partial charge on any atom is -0.317 e. The van der Waals surface area contributed by atoms with Crippen LogP contribution >= 0.6 is 12.4 Å². The first-order valence-corrected chi connectivity index (χ1v) is 8.30. The molecule has 1 aliphatic rings. The molecular weight excluding hydrogens is 328 g/mol. The number of nitrogens with zero attached hydrogens (tertiary/aromatic N) is 2. The van der Waals surface area contributed by atoms with Crippen LogP contribution in [0, 0.1) is 5.41 Å². The van der Waals surface area contributed by atoms with Gasteiger partial charge in [-0.25, -0.2) is 4.52 Å². The lowest BCUT2D eigenvalue weighted by Crippen LogP contribution is -2.29. The number of halogens is 1. The highest BCUT2D eigenvalue weighted by Gasteiger charge is 2.30. The van der Waals surface area contributed by atoms with Crippen LogP contribution in [0.15, 0.2) is 17.1 Å². The molecule has 24 heavy (non-hydrogen) atoms. The highest BCUT2D eigenvalue weighted by Crippen LogP contribution is 2.29. The second-order valence-corrected chi connectivity index (χ2v) is 6.97. The number of nitrogens with one attached hydrogen (secondary N) is 2. The highest BCUT2D eigenvalue weighted by atomic mass is 35.5. The molecule has 6 nitrogen and oxygen atoms in total. The van der Waals surface area contributed by atoms with E-state index in [0.717, 1.165) is 38.0 Å². The topological polar surface area (TPSA) is 79.3 Å². The van der Waals surface area contributed by atoms with E-state index >= 15 is 0 Å². The largest absolute Gasteiger partial charge is 0.317 e. The summed E-state index contributed by atoms with van der Waals surface area (Å²) >= 11 is 0. The molecule has 1 aliphatic heterocycles. The third-order valence-electron chi connectivity index (χ3n) is 5.03. The van der Waals surface area contributed by atoms with Crippen LogP contribution in [0.5, 0.6) is 0 Å². The van der Waals surface area contributed by atoms with Crippen molar-refractivity contribution in [1.29, 1.82) is 0 Å². The lowest BCUT2D eigenvalue weighted by Gasteiger charge is -2.23. The predicted molar refractivity (Wildman–Crippen MR) is 96.3 cm³/mol. The molecule has 0 atom stereocenters. The lowest BCUT2D eigenvalue weighted by atomic mass is 9.83. The number of rotatable bonds is 4. The Kier molecular flexibility index (Phi) is 5.50. The Morgan fingerprint density at radius 1 is 1.38 bits per heavy atom. The van der Waals surface area contributed by atoms with Gasteiger partial charge in [0.05, 0.1) is 17.5 Å². The van der Waals surface area contributed by atoms with Gasteiger partial charge in [-0.1, -0.05) is 20.8 Å². The Hall–Kier alpha value is -1.66. The van der Waals surface area contributed by atoms with E-state index in [0.29, 0.717) is 17.1 Å². The van der Waals surface area contributed by atoms with Gasteiger partial charge >= 0.3 is 0 Å². The third kappa shape index (κ3) is 3.26. The number of piperidine rings is 1. The third-order valence-corrected chi connectivity index (χ3v) is 5.03. The van der Waals surface area contributed by atoms with Crippen molar-refractivity contribution in [3.8, 4) is 0 Å². The Balaban J connectivity index is 0.00000208. The van der Waals surface area contributed by atoms with E-state index in [2.05, 4.69) is 15.4 Å². The monoisotopic (exact) mass is 352 g/mol. The highest BCUT2D eigenvalue weighted by molar-refractivity contribution is 6.04. The fourth-order valence-electron chi connectivity index (χ4n) is 3.11. The summed E-state index contributed by atoms with van der Waals surface area (Å²) in [6.07, 6.45) is 4.28. The van der Waals surface area contributed by atoms with Crippen LogP contribution in [0.1, 0.15) is 62.0 Å². The SMILES string of the molecule is CCC(C)(C)C(=O)c1cnn2c(C3CCNCC3)cc(=O)[nH]c12.Cl. The standard InChI is InChI=1S/C17H24N4O2.ClH/c1-4-17(2,3)15(23)12-10-19-21-13(9-14(22)20-16(12)21)11-5-7-18-8-6-11;/h9-11,18H,4-8H2,1-3H3,(H,20,22);1H. The van der Waals surface area contributed by atoms with E-state index < -0.39 is 5.41 Å². The van der Waals surface area contributed by atoms with Crippen molar-refractivity contribution < 1.29 is 4.79 Å². The van der Waals surface area contributed by atoms with Crippen molar-refractivity contribution >= 4 is 23.8 Å². The molecule has 2 aromatic rings. The minimum atomic E-state index is -0.467. The molecular formula is C17H25ClN4O2. The summed E-state index contributed by atoms with van der Waals surface area (Å²) < 4.78 is 1.75. The Morgan fingerprint density at radius 2 is 2.04 bits per heavy atom. The lowest BCUT2D eigenvalue weighted by molar-refractivity contribution is 0.0834. The van der Waals surface area contributed by atoms with E-state index in [4.69, 9.17) is 0 Å². The van der Waals surface area contributed by atoms with Gasteiger partial charge in [0, 0.05) is 17.4 Å². The summed E-state index contributed by atoms with van der Waals surface area (Å²) in [5.74, 6) is 0.316. The van der Waals surface area contributed by atoms with Gasteiger partial charge in [-0.15, -0.1) is 12.4 Å². The first-order valence-electron chi connectivity index (χ1n) is 8.30. The second kappa shape index (κ2) is 7.07. The van der Waals surface area contributed by atoms with Crippen molar-refractivity contribution in [3.05, 3.63) is 33.9 Å². The van der Waals surface area contributed by atoms with Gasteiger partial charge in [-0.3, -0.25) is 9.59 Å². The number of carbonyl (C=O) groups excluding carboxylic acids is 1. The van der Waals surface area contributed by atoms with E-state index in [1.165, 1.54) is 0 Å². The number of carbonyl (C=O) groups is 1. The van der Waals surface area contributed by atoms with Crippen LogP contribution in [-0.2, 0) is 0 Å². The first kappa shape index (κ1) is 18.7. The molecule has 0 saturated carbocycles. The molecule has 1 fully saturated rings. The average molecular weight is 353 g/mol. The molecule has 7 heteroatoms. The van der Waals surface area contributed by atoms with Crippen molar-refractivity contribution in [2.75, 3.05) is 13.1 Å². The Bertz CT molecular complexity index is 787. The van der Waals surface area contributed by atoms with Crippen molar-refractivity contribution in [2.24, 2.45) is 5.41 Å². The molecule has 0 radical (unpaired) electrons. The number of ketones is 1. The molecule has 0 amide bonds. The summed E-state index contributed by atoms with van der Waals surface area (Å²) in [6.45, 7) is 7.72. The Labute approximate surface area is 147 Å². The van der Waals surface area contributed by atoms with Crippen molar-refractivity contribution in [2.45, 2.75) is 46.0 Å². The molecule has 3 rings (SSSR count). The minimum absolute atomic E-state index is 0. The molecule has 0 bridgehead atoms. The second-order valence-electron chi connectivity index (χ2n) is 6.97. The van der Waals surface area contributed by atoms with Gasteiger partial charge < -0.3 is 10.3 Å². The smallest absolute Gasteiger partial charge is 0.251 e. The maximum absolute atomic E-state index is 12.8. The summed E-state index contributed by atoms with van der Waals surface area (Å²) in [5, 5.41) is 7.74. The quantitative estimate of drug-likeness (QED) is 0.829. The number of hydrogen-bond acceptors (Lipinski definition) is 4. The summed E-state index contributed by atoms with van der Waals surface area (Å²) in [7, 11) is 0. The van der Waals surface area contributed by atoms with E-state index in [1.807, 2.05) is 20.8 Å². The first-order chi connectivity index (χ1) is 10.9. The molecule has 132 valence electrons. The van der Waals surface area contributed by atoms with Gasteiger partial charge in [0.1, 0.15) is 5.65 Å². The number of H-pyrrole nitrogens is 1. The fraction of sp³-hybridized carbons (Fsp3) is 0.588. The molecule has 2 aromatic heterocycles. The average Bonchev–Trinajstić information content (AvgIpc) is 2.97. The fourth-order valence-corrected chi connectivity index (χ4v) is 3.11. The molecule has 1 saturated heterocycles. The zero-order chi connectivity index (χ0) is 16.6. The van der Waals surface area contributed by atoms with E-state index in [9.17, 15) is 9.59 Å². The Morgan fingerprint density at radius 3 is 2.67 bits per heavy atom. The van der Waals surface area contributed by atoms with Crippen LogP contribution < -0.4 is 10.9 Å². The number of aromatic nitrogens is 3. The molecule has 3 heterocycles. The van der Waals surface area contributed by atoms with Crippen LogP contribution in [0.2, 0.25) is 0 Å². The van der Waals surface area contributed by atoms with E-state index in [1.54, 1.807) is 16.8 Å². The molecule has 0 spiro atoms. The summed E-state index contributed by atoms with van der Waals surface area (Å²) in [5.41, 5.74) is 1.29. The van der Waals surface area contributed by atoms with Crippen molar-refractivity contribution in [1.82, 2.24) is 19.9 Å². The number of Topliss-reactive ketones (excluding diaryl/α,β-unsaturated/α-hetero) is 1. The van der Waals surface area contributed by atoms with Gasteiger partial charge in [-0.05, 0) is 32.4 Å². The molecule has 0 aliphatic carbocycles. The van der Waals surface area contributed by atoms with Crippen LogP contribution in [0.4, 0.5) is 0 Å². The van der Waals surface area contributed by atoms with Gasteiger partial charge in [-0.2, -0.15) is 5.10 Å². The number of aromatic amines is 1. The normalized spacial score (nSPS) is 16.1. The molecule has 0 aromatic carbocycles. The maximum atomic E-state index is 12.8. The van der Waals surface area contributed by atoms with Crippen LogP contribution in [-0.4, -0.2) is 33.5 Å². The summed E-state index contributed by atoms with van der Waals surface area (Å²) in [4.78, 5) is 27.7. The zero-order valence-electron chi connectivity index (χ0n) is 14.4. The molecule has 2 N–H and O–H groups in total.